The van der Waals surface area contributed by atoms with Crippen LogP contribution in [0, 0.1) is 0 Å². The lowest BCUT2D eigenvalue weighted by Gasteiger charge is -2.16. The van der Waals surface area contributed by atoms with E-state index in [0.29, 0.717) is 0 Å². The van der Waals surface area contributed by atoms with Gasteiger partial charge in [0, 0.05) is 28.9 Å². The molecular formula is C20H26N2O3S. The Labute approximate surface area is 159 Å². The second kappa shape index (κ2) is 10.1. The molecule has 2 N–H and O–H groups in total. The molecule has 0 saturated carbocycles. The van der Waals surface area contributed by atoms with Crippen molar-refractivity contribution in [3.8, 4) is 5.75 Å². The van der Waals surface area contributed by atoms with Crippen molar-refractivity contribution in [3.63, 3.8) is 0 Å². The Morgan fingerprint density at radius 2 is 1.81 bits per heavy atom. The van der Waals surface area contributed by atoms with Crippen LogP contribution in [0.15, 0.2) is 53.4 Å². The highest BCUT2D eigenvalue weighted by Gasteiger charge is 2.17. The Morgan fingerprint density at radius 3 is 2.35 bits per heavy atom. The summed E-state index contributed by atoms with van der Waals surface area (Å²) in [6.07, 6.45) is 0.0693. The highest BCUT2D eigenvalue weighted by Crippen LogP contribution is 2.38. The predicted molar refractivity (Wildman–Crippen MR) is 107 cm³/mol. The lowest BCUT2D eigenvalue weighted by molar-refractivity contribution is -0.137. The summed E-state index contributed by atoms with van der Waals surface area (Å²) in [5.41, 5.74) is 2.04. The van der Waals surface area contributed by atoms with Gasteiger partial charge in [-0.3, -0.25) is 4.79 Å². The fourth-order valence-corrected chi connectivity index (χ4v) is 3.59. The van der Waals surface area contributed by atoms with E-state index in [9.17, 15) is 9.90 Å². The highest BCUT2D eigenvalue weighted by molar-refractivity contribution is 7.99. The van der Waals surface area contributed by atoms with Gasteiger partial charge in [-0.25, -0.2) is 0 Å². The average Bonchev–Trinajstić information content (AvgIpc) is 2.62. The van der Waals surface area contributed by atoms with Crippen molar-refractivity contribution in [1.82, 2.24) is 4.90 Å². The number of likely N-dealkylation sites (N-methyl/N-ethyl adjacent to an activating group) is 1. The van der Waals surface area contributed by atoms with Crippen molar-refractivity contribution in [2.45, 2.75) is 16.6 Å². The highest BCUT2D eigenvalue weighted by atomic mass is 32.2. The van der Waals surface area contributed by atoms with E-state index in [4.69, 9.17) is 4.74 Å². The standard InChI is InChI=1S/C20H26N2O3S/c1-22(2)13-12-21-16-6-10-18(11-7-16)26-19(14-20(23)24)15-4-8-17(25-3)9-5-15/h4-11,19,21H,12-14H2,1-3H3,(H,23,24). The minimum absolute atomic E-state index is 0.0693. The quantitative estimate of drug-likeness (QED) is 0.614. The van der Waals surface area contributed by atoms with Gasteiger partial charge in [0.1, 0.15) is 5.75 Å². The smallest absolute Gasteiger partial charge is 0.304 e. The topological polar surface area (TPSA) is 61.8 Å². The van der Waals surface area contributed by atoms with E-state index in [2.05, 4.69) is 10.2 Å². The number of nitrogens with zero attached hydrogens (tertiary/aromatic N) is 1. The van der Waals surface area contributed by atoms with E-state index in [0.717, 1.165) is 35.0 Å². The SMILES string of the molecule is COc1ccc(C(CC(=O)O)Sc2ccc(NCCN(C)C)cc2)cc1. The number of benzene rings is 2. The number of hydrogen-bond acceptors (Lipinski definition) is 5. The number of ether oxygens (including phenoxy) is 1. The zero-order chi connectivity index (χ0) is 18.9. The third kappa shape index (κ3) is 6.61. The van der Waals surface area contributed by atoms with Crippen molar-refractivity contribution in [2.75, 3.05) is 39.6 Å². The third-order valence-electron chi connectivity index (χ3n) is 3.87. The average molecular weight is 375 g/mol. The molecule has 0 radical (unpaired) electrons. The van der Waals surface area contributed by atoms with Crippen molar-refractivity contribution >= 4 is 23.4 Å². The molecule has 5 nitrogen and oxygen atoms in total. The molecule has 0 bridgehead atoms. The molecule has 0 amide bonds. The van der Waals surface area contributed by atoms with Crippen LogP contribution in [-0.4, -0.2) is 50.3 Å². The number of anilines is 1. The van der Waals surface area contributed by atoms with Gasteiger partial charge in [0.15, 0.2) is 0 Å². The Balaban J connectivity index is 2.03. The van der Waals surface area contributed by atoms with Gasteiger partial charge in [-0.15, -0.1) is 11.8 Å². The number of rotatable bonds is 10. The minimum atomic E-state index is -0.805. The Bertz CT molecular complexity index is 687. The lowest BCUT2D eigenvalue weighted by Crippen LogP contribution is -2.20. The zero-order valence-electron chi connectivity index (χ0n) is 15.4. The fourth-order valence-electron chi connectivity index (χ4n) is 2.44. The Hall–Kier alpha value is -2.18. The minimum Gasteiger partial charge on any atom is -0.497 e. The first kappa shape index (κ1) is 20.1. The lowest BCUT2D eigenvalue weighted by atomic mass is 10.1. The maximum Gasteiger partial charge on any atom is 0.304 e. The molecule has 0 saturated heterocycles. The van der Waals surface area contributed by atoms with E-state index < -0.39 is 5.97 Å². The molecule has 0 heterocycles. The second-order valence-corrected chi connectivity index (χ2v) is 7.51. The van der Waals surface area contributed by atoms with Crippen LogP contribution in [0.25, 0.3) is 0 Å². The van der Waals surface area contributed by atoms with E-state index in [-0.39, 0.29) is 11.7 Å². The molecule has 0 aliphatic heterocycles. The first-order valence-electron chi connectivity index (χ1n) is 8.49. The van der Waals surface area contributed by atoms with Gasteiger partial charge in [0.2, 0.25) is 0 Å². The summed E-state index contributed by atoms with van der Waals surface area (Å²) in [7, 11) is 5.71. The first-order valence-corrected chi connectivity index (χ1v) is 9.37. The second-order valence-electron chi connectivity index (χ2n) is 6.23. The summed E-state index contributed by atoms with van der Waals surface area (Å²) >= 11 is 1.56. The zero-order valence-corrected chi connectivity index (χ0v) is 16.3. The fraction of sp³-hybridized carbons (Fsp3) is 0.350. The van der Waals surface area contributed by atoms with E-state index in [1.165, 1.54) is 0 Å². The molecule has 26 heavy (non-hydrogen) atoms. The normalized spacial score (nSPS) is 12.0. The number of thioether (sulfide) groups is 1. The molecule has 0 aromatic heterocycles. The Kier molecular flexibility index (Phi) is 7.81. The molecule has 2 aromatic carbocycles. The number of methoxy groups -OCH3 is 1. The Morgan fingerprint density at radius 1 is 1.15 bits per heavy atom. The molecule has 2 rings (SSSR count). The first-order chi connectivity index (χ1) is 12.5. The van der Waals surface area contributed by atoms with Gasteiger partial charge in [0.05, 0.1) is 13.5 Å². The van der Waals surface area contributed by atoms with Crippen LogP contribution in [0.5, 0.6) is 5.75 Å². The van der Waals surface area contributed by atoms with Gasteiger partial charge in [0.25, 0.3) is 0 Å². The molecule has 1 unspecified atom stereocenters. The number of carbonyl (C=O) groups is 1. The monoisotopic (exact) mass is 374 g/mol. The molecule has 0 aliphatic rings. The van der Waals surface area contributed by atoms with Crippen LogP contribution in [0.1, 0.15) is 17.2 Å². The predicted octanol–water partition coefficient (Wildman–Crippen LogP) is 3.98. The molecule has 0 fully saturated rings. The number of nitrogens with one attached hydrogen (secondary N) is 1. The maximum atomic E-state index is 11.3. The summed E-state index contributed by atoms with van der Waals surface area (Å²) in [5.74, 6) is -0.0405. The van der Waals surface area contributed by atoms with Gasteiger partial charge in [-0.1, -0.05) is 12.1 Å². The van der Waals surface area contributed by atoms with Crippen LogP contribution in [-0.2, 0) is 4.79 Å². The molecule has 140 valence electrons. The molecule has 0 spiro atoms. The molecular weight excluding hydrogens is 348 g/mol. The van der Waals surface area contributed by atoms with E-state index >= 15 is 0 Å². The van der Waals surface area contributed by atoms with Crippen LogP contribution >= 0.6 is 11.8 Å². The van der Waals surface area contributed by atoms with Crippen molar-refractivity contribution in [2.24, 2.45) is 0 Å². The maximum absolute atomic E-state index is 11.3. The van der Waals surface area contributed by atoms with Crippen molar-refractivity contribution < 1.29 is 14.6 Å². The van der Waals surface area contributed by atoms with Crippen molar-refractivity contribution in [3.05, 3.63) is 54.1 Å². The van der Waals surface area contributed by atoms with Crippen LogP contribution < -0.4 is 10.1 Å². The summed E-state index contributed by atoms with van der Waals surface area (Å²) in [4.78, 5) is 14.4. The van der Waals surface area contributed by atoms with E-state index in [1.807, 2.05) is 62.6 Å². The molecule has 0 aliphatic carbocycles. The third-order valence-corrected chi connectivity index (χ3v) is 5.14. The van der Waals surface area contributed by atoms with Gasteiger partial charge >= 0.3 is 5.97 Å². The van der Waals surface area contributed by atoms with Gasteiger partial charge in [-0.2, -0.15) is 0 Å². The number of carboxylic acids is 1. The van der Waals surface area contributed by atoms with Crippen molar-refractivity contribution in [1.29, 1.82) is 0 Å². The number of hydrogen-bond donors (Lipinski definition) is 2. The van der Waals surface area contributed by atoms with E-state index in [1.54, 1.807) is 18.9 Å². The largest absolute Gasteiger partial charge is 0.497 e. The van der Waals surface area contributed by atoms with Gasteiger partial charge in [-0.05, 0) is 56.1 Å². The molecule has 1 atom stereocenters. The summed E-state index contributed by atoms with van der Waals surface area (Å²) in [5, 5.41) is 12.5. The summed E-state index contributed by atoms with van der Waals surface area (Å²) in [6, 6.07) is 15.7. The van der Waals surface area contributed by atoms with Crippen LogP contribution in [0.2, 0.25) is 0 Å². The number of carboxylic acid groups (broad SMARTS) is 1. The molecule has 6 heteroatoms. The van der Waals surface area contributed by atoms with Crippen LogP contribution in [0.4, 0.5) is 5.69 Å². The summed E-state index contributed by atoms with van der Waals surface area (Å²) in [6.45, 7) is 1.85. The van der Waals surface area contributed by atoms with Gasteiger partial charge < -0.3 is 20.1 Å². The van der Waals surface area contributed by atoms with Crippen LogP contribution in [0.3, 0.4) is 0 Å². The summed E-state index contributed by atoms with van der Waals surface area (Å²) < 4.78 is 5.18. The number of aliphatic carboxylic acids is 1. The molecule has 2 aromatic rings.